The van der Waals surface area contributed by atoms with Gasteiger partial charge >= 0.3 is 0 Å². The van der Waals surface area contributed by atoms with Crippen LogP contribution in [0, 0.1) is 5.41 Å². The number of aliphatic hydroxyl groups is 1. The van der Waals surface area contributed by atoms with Crippen LogP contribution >= 0.6 is 0 Å². The maximum atomic E-state index is 9.83. The van der Waals surface area contributed by atoms with E-state index in [0.29, 0.717) is 11.5 Å². The summed E-state index contributed by atoms with van der Waals surface area (Å²) in [5.74, 6) is 2.03. The minimum absolute atomic E-state index is 0.0641. The Bertz CT molecular complexity index is 481. The molecule has 1 aromatic carbocycles. The Hall–Kier alpha value is -1.42. The number of hydrogen-bond donors (Lipinski definition) is 1. The minimum atomic E-state index is -0.252. The fourth-order valence-electron chi connectivity index (χ4n) is 2.93. The molecule has 1 aliphatic rings. The van der Waals surface area contributed by atoms with Crippen LogP contribution in [0.1, 0.15) is 25.8 Å². The van der Waals surface area contributed by atoms with Crippen molar-refractivity contribution in [2.24, 2.45) is 5.41 Å². The average Bonchev–Trinajstić information content (AvgIpc) is 3.00. The highest BCUT2D eigenvalue weighted by atomic mass is 16.5. The molecule has 1 saturated carbocycles. The van der Waals surface area contributed by atoms with Crippen molar-refractivity contribution in [2.45, 2.75) is 25.7 Å². The molecule has 1 unspecified atom stereocenters. The zero-order valence-corrected chi connectivity index (χ0v) is 12.2. The van der Waals surface area contributed by atoms with E-state index in [9.17, 15) is 5.11 Å². The highest BCUT2D eigenvalue weighted by Crippen LogP contribution is 2.66. The van der Waals surface area contributed by atoms with E-state index in [1.807, 2.05) is 12.1 Å². The SMILES string of the molecule is COc1cc(OC)c(C2(CO)CC2(C)C)cc1OC. The van der Waals surface area contributed by atoms with Crippen molar-refractivity contribution in [3.05, 3.63) is 17.7 Å². The van der Waals surface area contributed by atoms with Crippen molar-refractivity contribution in [1.29, 1.82) is 0 Å². The molecule has 4 nitrogen and oxygen atoms in total. The van der Waals surface area contributed by atoms with Gasteiger partial charge in [-0.3, -0.25) is 0 Å². The third-order valence-electron chi connectivity index (χ3n) is 4.41. The molecule has 0 amide bonds. The number of ether oxygens (including phenoxy) is 3. The second-order valence-electron chi connectivity index (χ2n) is 5.71. The first-order valence-electron chi connectivity index (χ1n) is 6.37. The van der Waals surface area contributed by atoms with Crippen LogP contribution < -0.4 is 14.2 Å². The number of aliphatic hydroxyl groups excluding tert-OH is 1. The van der Waals surface area contributed by atoms with E-state index in [1.54, 1.807) is 21.3 Å². The van der Waals surface area contributed by atoms with E-state index in [4.69, 9.17) is 14.2 Å². The fourth-order valence-corrected chi connectivity index (χ4v) is 2.93. The molecular formula is C15H22O4. The van der Waals surface area contributed by atoms with Crippen LogP contribution in [0.15, 0.2) is 12.1 Å². The van der Waals surface area contributed by atoms with Gasteiger partial charge in [0.25, 0.3) is 0 Å². The van der Waals surface area contributed by atoms with Gasteiger partial charge in [0.05, 0.1) is 27.9 Å². The summed E-state index contributed by atoms with van der Waals surface area (Å²) in [6, 6.07) is 3.74. The third-order valence-corrected chi connectivity index (χ3v) is 4.41. The van der Waals surface area contributed by atoms with Crippen molar-refractivity contribution in [1.82, 2.24) is 0 Å². The molecule has 1 atom stereocenters. The summed E-state index contributed by atoms with van der Waals surface area (Å²) in [4.78, 5) is 0. The molecule has 0 radical (unpaired) electrons. The van der Waals surface area contributed by atoms with Gasteiger partial charge in [0.1, 0.15) is 5.75 Å². The molecule has 0 spiro atoms. The summed E-state index contributed by atoms with van der Waals surface area (Å²) in [5.41, 5.74) is 0.798. The third kappa shape index (κ3) is 1.94. The summed E-state index contributed by atoms with van der Waals surface area (Å²) in [7, 11) is 4.84. The Labute approximate surface area is 114 Å². The van der Waals surface area contributed by atoms with Gasteiger partial charge < -0.3 is 19.3 Å². The zero-order chi connectivity index (χ0) is 14.3. The van der Waals surface area contributed by atoms with Crippen molar-refractivity contribution in [2.75, 3.05) is 27.9 Å². The summed E-state index contributed by atoms with van der Waals surface area (Å²) >= 11 is 0. The molecule has 1 fully saturated rings. The average molecular weight is 266 g/mol. The molecule has 0 aromatic heterocycles. The Morgan fingerprint density at radius 1 is 1.00 bits per heavy atom. The van der Waals surface area contributed by atoms with Crippen LogP contribution in [0.4, 0.5) is 0 Å². The number of benzene rings is 1. The molecule has 1 aromatic rings. The molecule has 0 saturated heterocycles. The predicted octanol–water partition coefficient (Wildman–Crippen LogP) is 2.37. The quantitative estimate of drug-likeness (QED) is 0.889. The second-order valence-corrected chi connectivity index (χ2v) is 5.71. The van der Waals surface area contributed by atoms with E-state index < -0.39 is 0 Å². The molecule has 2 rings (SSSR count). The second kappa shape index (κ2) is 4.60. The molecule has 0 bridgehead atoms. The van der Waals surface area contributed by atoms with Crippen LogP contribution in [0.2, 0.25) is 0 Å². The Kier molecular flexibility index (Phi) is 3.39. The maximum Gasteiger partial charge on any atom is 0.164 e. The molecule has 0 aliphatic heterocycles. The van der Waals surface area contributed by atoms with Crippen LogP contribution in [0.5, 0.6) is 17.2 Å². The first-order valence-corrected chi connectivity index (χ1v) is 6.37. The van der Waals surface area contributed by atoms with Crippen molar-refractivity contribution in [3.8, 4) is 17.2 Å². The summed E-state index contributed by atoms with van der Waals surface area (Å²) in [5, 5.41) is 9.83. The first kappa shape index (κ1) is 14.0. The number of hydrogen-bond acceptors (Lipinski definition) is 4. The van der Waals surface area contributed by atoms with Gasteiger partial charge in [-0.25, -0.2) is 0 Å². The summed E-state index contributed by atoms with van der Waals surface area (Å²) in [6.07, 6.45) is 0.933. The van der Waals surface area contributed by atoms with E-state index in [-0.39, 0.29) is 17.4 Å². The van der Waals surface area contributed by atoms with Crippen molar-refractivity contribution < 1.29 is 19.3 Å². The monoisotopic (exact) mass is 266 g/mol. The first-order chi connectivity index (χ1) is 8.95. The molecular weight excluding hydrogens is 244 g/mol. The number of methoxy groups -OCH3 is 3. The smallest absolute Gasteiger partial charge is 0.164 e. The molecule has 1 N–H and O–H groups in total. The molecule has 0 heterocycles. The lowest BCUT2D eigenvalue weighted by molar-refractivity contribution is 0.227. The van der Waals surface area contributed by atoms with Crippen molar-refractivity contribution in [3.63, 3.8) is 0 Å². The van der Waals surface area contributed by atoms with Crippen LogP contribution in [-0.2, 0) is 5.41 Å². The van der Waals surface area contributed by atoms with E-state index in [0.717, 1.165) is 17.7 Å². The summed E-state index contributed by atoms with van der Waals surface area (Å²) in [6.45, 7) is 4.41. The molecule has 4 heteroatoms. The summed E-state index contributed by atoms with van der Waals surface area (Å²) < 4.78 is 16.1. The van der Waals surface area contributed by atoms with Gasteiger partial charge in [0, 0.05) is 17.0 Å². The van der Waals surface area contributed by atoms with Crippen molar-refractivity contribution >= 4 is 0 Å². The lowest BCUT2D eigenvalue weighted by atomic mass is 9.87. The van der Waals surface area contributed by atoms with Crippen LogP contribution in [0.25, 0.3) is 0 Å². The Balaban J connectivity index is 2.57. The Morgan fingerprint density at radius 2 is 1.47 bits per heavy atom. The van der Waals surface area contributed by atoms with E-state index >= 15 is 0 Å². The van der Waals surface area contributed by atoms with Gasteiger partial charge in [-0.2, -0.15) is 0 Å². The van der Waals surface area contributed by atoms with E-state index in [2.05, 4.69) is 13.8 Å². The van der Waals surface area contributed by atoms with Gasteiger partial charge in [0.2, 0.25) is 0 Å². The van der Waals surface area contributed by atoms with Gasteiger partial charge in [-0.15, -0.1) is 0 Å². The van der Waals surface area contributed by atoms with Gasteiger partial charge in [-0.1, -0.05) is 13.8 Å². The normalized spacial score (nSPS) is 23.9. The standard InChI is InChI=1S/C15H22O4/c1-14(2)8-15(14,9-16)10-6-12(18-4)13(19-5)7-11(10)17-3/h6-7,16H,8-9H2,1-5H3. The highest BCUT2D eigenvalue weighted by molar-refractivity contribution is 5.56. The lowest BCUT2D eigenvalue weighted by Gasteiger charge is -2.23. The molecule has 19 heavy (non-hydrogen) atoms. The fraction of sp³-hybridized carbons (Fsp3) is 0.600. The van der Waals surface area contributed by atoms with Crippen LogP contribution in [-0.4, -0.2) is 33.0 Å². The minimum Gasteiger partial charge on any atom is -0.496 e. The largest absolute Gasteiger partial charge is 0.496 e. The lowest BCUT2D eigenvalue weighted by Crippen LogP contribution is -2.20. The van der Waals surface area contributed by atoms with Crippen LogP contribution in [0.3, 0.4) is 0 Å². The predicted molar refractivity (Wildman–Crippen MR) is 73.3 cm³/mol. The maximum absolute atomic E-state index is 9.83. The zero-order valence-electron chi connectivity index (χ0n) is 12.2. The van der Waals surface area contributed by atoms with E-state index in [1.165, 1.54) is 0 Å². The Morgan fingerprint density at radius 3 is 1.84 bits per heavy atom. The van der Waals surface area contributed by atoms with Gasteiger partial charge in [-0.05, 0) is 17.9 Å². The topological polar surface area (TPSA) is 47.9 Å². The van der Waals surface area contributed by atoms with Gasteiger partial charge in [0.15, 0.2) is 11.5 Å². The molecule has 1 aliphatic carbocycles. The molecule has 106 valence electrons. The number of rotatable bonds is 5. The highest BCUT2D eigenvalue weighted by Gasteiger charge is 2.62.